The summed E-state index contributed by atoms with van der Waals surface area (Å²) in [7, 11) is 0. The molecule has 0 bridgehead atoms. The van der Waals surface area contributed by atoms with Gasteiger partial charge in [0.15, 0.2) is 0 Å². The smallest absolute Gasteiger partial charge is 0.0591 e. The van der Waals surface area contributed by atoms with Crippen molar-refractivity contribution in [1.29, 1.82) is 0 Å². The van der Waals surface area contributed by atoms with Crippen molar-refractivity contribution in [3.8, 4) is 0 Å². The molecule has 0 saturated heterocycles. The van der Waals surface area contributed by atoms with Crippen LogP contribution in [0, 0.1) is 12.8 Å². The minimum Gasteiger partial charge on any atom is -0.380 e. The Balaban J connectivity index is 1.46. The Kier molecular flexibility index (Phi) is 5.49. The van der Waals surface area contributed by atoms with Crippen LogP contribution in [0.25, 0.3) is 0 Å². The minimum absolute atomic E-state index is 0.843. The molecule has 1 aromatic rings. The van der Waals surface area contributed by atoms with E-state index in [-0.39, 0.29) is 0 Å². The molecule has 0 unspecified atom stereocenters. The van der Waals surface area contributed by atoms with Crippen LogP contribution in [0.3, 0.4) is 0 Å². The third kappa shape index (κ3) is 4.78. The summed E-state index contributed by atoms with van der Waals surface area (Å²) < 4.78 is 5.70. The Morgan fingerprint density at radius 3 is 2.88 bits per heavy atom. The zero-order valence-corrected chi connectivity index (χ0v) is 11.5. The lowest BCUT2D eigenvalue weighted by atomic mass is 10.1. The van der Waals surface area contributed by atoms with E-state index in [2.05, 4.69) is 24.4 Å². The van der Waals surface area contributed by atoms with E-state index in [0.29, 0.717) is 0 Å². The molecule has 1 heterocycles. The van der Waals surface area contributed by atoms with Gasteiger partial charge in [0, 0.05) is 29.5 Å². The summed E-state index contributed by atoms with van der Waals surface area (Å²) in [6.45, 7) is 5.91. The summed E-state index contributed by atoms with van der Waals surface area (Å²) in [5.41, 5.74) is 0. The van der Waals surface area contributed by atoms with Crippen LogP contribution < -0.4 is 5.32 Å². The normalized spacial score (nSPS) is 16.8. The van der Waals surface area contributed by atoms with E-state index < -0.39 is 0 Å². The molecule has 1 aliphatic rings. The van der Waals surface area contributed by atoms with Gasteiger partial charge in [0.2, 0.25) is 0 Å². The molecule has 1 N–H and O–H groups in total. The molecule has 17 heavy (non-hydrogen) atoms. The standard InChI is InChI=1S/C14H23NOS/c1-12-6-7-14(17-12)10-15-8-9-16-11-13-4-2-3-5-13/h6-7,13,15H,2-5,8-11H2,1H3. The van der Waals surface area contributed by atoms with E-state index in [1.165, 1.54) is 35.4 Å². The molecule has 0 amide bonds. The van der Waals surface area contributed by atoms with Crippen molar-refractivity contribution in [1.82, 2.24) is 5.32 Å². The number of ether oxygens (including phenoxy) is 1. The first-order valence-corrected chi connectivity index (χ1v) is 7.50. The Labute approximate surface area is 108 Å². The quantitative estimate of drug-likeness (QED) is 0.752. The van der Waals surface area contributed by atoms with E-state index in [9.17, 15) is 0 Å². The molecule has 0 spiro atoms. The van der Waals surface area contributed by atoms with Crippen LogP contribution in [0.2, 0.25) is 0 Å². The van der Waals surface area contributed by atoms with E-state index in [1.807, 2.05) is 11.3 Å². The van der Waals surface area contributed by atoms with Crippen molar-refractivity contribution >= 4 is 11.3 Å². The van der Waals surface area contributed by atoms with Crippen LogP contribution in [0.1, 0.15) is 35.4 Å². The highest BCUT2D eigenvalue weighted by atomic mass is 32.1. The fraction of sp³-hybridized carbons (Fsp3) is 0.714. The molecule has 0 atom stereocenters. The predicted molar refractivity (Wildman–Crippen MR) is 73.5 cm³/mol. The molecule has 3 heteroatoms. The first kappa shape index (κ1) is 13.1. The van der Waals surface area contributed by atoms with Gasteiger partial charge < -0.3 is 10.1 Å². The van der Waals surface area contributed by atoms with Gasteiger partial charge in [-0.1, -0.05) is 12.8 Å². The van der Waals surface area contributed by atoms with Gasteiger partial charge >= 0.3 is 0 Å². The molecule has 96 valence electrons. The largest absolute Gasteiger partial charge is 0.380 e. The van der Waals surface area contributed by atoms with Crippen LogP contribution >= 0.6 is 11.3 Å². The molecule has 1 aliphatic carbocycles. The first-order chi connectivity index (χ1) is 8.34. The average Bonchev–Trinajstić information content (AvgIpc) is 2.95. The highest BCUT2D eigenvalue weighted by Gasteiger charge is 2.14. The second-order valence-electron chi connectivity index (χ2n) is 4.91. The zero-order chi connectivity index (χ0) is 11.9. The maximum Gasteiger partial charge on any atom is 0.0591 e. The number of aryl methyl sites for hydroxylation is 1. The SMILES string of the molecule is Cc1ccc(CNCCOCC2CCCC2)s1. The maximum atomic E-state index is 5.70. The van der Waals surface area contributed by atoms with Gasteiger partial charge in [0.25, 0.3) is 0 Å². The molecule has 0 radical (unpaired) electrons. The van der Waals surface area contributed by atoms with Crippen molar-refractivity contribution in [2.75, 3.05) is 19.8 Å². The van der Waals surface area contributed by atoms with Crippen LogP contribution in [-0.2, 0) is 11.3 Å². The van der Waals surface area contributed by atoms with E-state index in [4.69, 9.17) is 4.74 Å². The average molecular weight is 253 g/mol. The minimum atomic E-state index is 0.843. The Bertz CT molecular complexity index is 318. The molecule has 2 nitrogen and oxygen atoms in total. The van der Waals surface area contributed by atoms with Crippen LogP contribution in [0.15, 0.2) is 12.1 Å². The second-order valence-corrected chi connectivity index (χ2v) is 6.29. The van der Waals surface area contributed by atoms with Crippen molar-refractivity contribution in [3.05, 3.63) is 21.9 Å². The lowest BCUT2D eigenvalue weighted by molar-refractivity contribution is 0.103. The second kappa shape index (κ2) is 7.14. The van der Waals surface area contributed by atoms with Gasteiger partial charge in [0.05, 0.1) is 6.61 Å². The number of hydrogen-bond acceptors (Lipinski definition) is 3. The lowest BCUT2D eigenvalue weighted by Crippen LogP contribution is -2.20. The summed E-state index contributed by atoms with van der Waals surface area (Å²) in [5, 5.41) is 3.43. The van der Waals surface area contributed by atoms with Crippen molar-refractivity contribution in [3.63, 3.8) is 0 Å². The van der Waals surface area contributed by atoms with Gasteiger partial charge in [-0.05, 0) is 37.8 Å². The Hall–Kier alpha value is -0.380. The number of rotatable bonds is 7. The topological polar surface area (TPSA) is 21.3 Å². The van der Waals surface area contributed by atoms with Gasteiger partial charge in [0.1, 0.15) is 0 Å². The van der Waals surface area contributed by atoms with Crippen LogP contribution in [-0.4, -0.2) is 19.8 Å². The zero-order valence-electron chi connectivity index (χ0n) is 10.7. The molecule has 1 saturated carbocycles. The van der Waals surface area contributed by atoms with Crippen LogP contribution in [0.4, 0.5) is 0 Å². The first-order valence-electron chi connectivity index (χ1n) is 6.68. The third-order valence-corrected chi connectivity index (χ3v) is 4.35. The lowest BCUT2D eigenvalue weighted by Gasteiger charge is -2.10. The predicted octanol–water partition coefficient (Wildman–Crippen LogP) is 3.35. The monoisotopic (exact) mass is 253 g/mol. The van der Waals surface area contributed by atoms with Gasteiger partial charge in [-0.3, -0.25) is 0 Å². The van der Waals surface area contributed by atoms with Crippen molar-refractivity contribution < 1.29 is 4.74 Å². The Morgan fingerprint density at radius 2 is 2.18 bits per heavy atom. The molecule has 0 aliphatic heterocycles. The summed E-state index contributed by atoms with van der Waals surface area (Å²) in [4.78, 5) is 2.80. The van der Waals surface area contributed by atoms with Crippen molar-refractivity contribution in [2.24, 2.45) is 5.92 Å². The van der Waals surface area contributed by atoms with Gasteiger partial charge in [-0.25, -0.2) is 0 Å². The molecule has 1 aromatic heterocycles. The maximum absolute atomic E-state index is 5.70. The highest BCUT2D eigenvalue weighted by Crippen LogP contribution is 2.24. The molecule has 0 aromatic carbocycles. The molecule has 2 rings (SSSR count). The van der Waals surface area contributed by atoms with E-state index in [0.717, 1.165) is 32.2 Å². The molecule has 1 fully saturated rings. The molecular weight excluding hydrogens is 230 g/mol. The number of thiophene rings is 1. The van der Waals surface area contributed by atoms with Crippen molar-refractivity contribution in [2.45, 2.75) is 39.2 Å². The highest BCUT2D eigenvalue weighted by molar-refractivity contribution is 7.11. The summed E-state index contributed by atoms with van der Waals surface area (Å²) in [6.07, 6.45) is 5.57. The fourth-order valence-corrected chi connectivity index (χ4v) is 3.22. The van der Waals surface area contributed by atoms with Gasteiger partial charge in [-0.15, -0.1) is 11.3 Å². The summed E-state index contributed by atoms with van der Waals surface area (Å²) in [5.74, 6) is 0.843. The summed E-state index contributed by atoms with van der Waals surface area (Å²) >= 11 is 1.87. The molecular formula is C14H23NOS. The fourth-order valence-electron chi connectivity index (χ4n) is 2.36. The number of nitrogens with one attached hydrogen (secondary N) is 1. The number of hydrogen-bond donors (Lipinski definition) is 1. The summed E-state index contributed by atoms with van der Waals surface area (Å²) in [6, 6.07) is 4.38. The van der Waals surface area contributed by atoms with Gasteiger partial charge in [-0.2, -0.15) is 0 Å². The Morgan fingerprint density at radius 1 is 1.35 bits per heavy atom. The van der Waals surface area contributed by atoms with E-state index in [1.54, 1.807) is 0 Å². The van der Waals surface area contributed by atoms with Crippen LogP contribution in [0.5, 0.6) is 0 Å². The third-order valence-electron chi connectivity index (χ3n) is 3.35. The van der Waals surface area contributed by atoms with E-state index >= 15 is 0 Å².